The lowest BCUT2D eigenvalue weighted by atomic mass is 9.71. The topological polar surface area (TPSA) is 43.4 Å². The van der Waals surface area contributed by atoms with Gasteiger partial charge in [-0.05, 0) is 39.3 Å². The van der Waals surface area contributed by atoms with Crippen LogP contribution in [0.1, 0.15) is 37.6 Å². The first kappa shape index (κ1) is 14.7. The summed E-state index contributed by atoms with van der Waals surface area (Å²) in [5.74, 6) is 0.351. The molecule has 1 aliphatic carbocycles. The van der Waals surface area contributed by atoms with Crippen molar-refractivity contribution < 1.29 is 13.9 Å². The van der Waals surface area contributed by atoms with Crippen LogP contribution in [0.4, 0.5) is 0 Å². The van der Waals surface area contributed by atoms with Crippen molar-refractivity contribution in [2.24, 2.45) is 5.41 Å². The second kappa shape index (κ2) is 5.72. The number of hydrogen-bond donors (Lipinski definition) is 0. The standard InChI is InChI=1S/C16H17O3P/c1-11-8-9-16(3,12(2)10-11)15(17)13-6-4-5-7-14(13)19-20-18/h4-8,10H,9H2,1-3H3. The fourth-order valence-corrected chi connectivity index (χ4v) is 2.67. The van der Waals surface area contributed by atoms with Gasteiger partial charge in [0.2, 0.25) is 0 Å². The summed E-state index contributed by atoms with van der Waals surface area (Å²) in [7, 11) is -0.456. The van der Waals surface area contributed by atoms with Crippen LogP contribution in [-0.2, 0) is 4.57 Å². The summed E-state index contributed by atoms with van der Waals surface area (Å²) in [6.07, 6.45) is 4.78. The maximum Gasteiger partial charge on any atom is 0.395 e. The SMILES string of the molecule is CC1=CCC(C)(C(=O)c2ccccc2OP=O)C(C)=C1. The molecule has 0 spiro atoms. The van der Waals surface area contributed by atoms with E-state index in [1.165, 1.54) is 5.57 Å². The second-order valence-electron chi connectivity index (χ2n) is 5.30. The van der Waals surface area contributed by atoms with Crippen LogP contribution >= 0.6 is 8.69 Å². The monoisotopic (exact) mass is 288 g/mol. The van der Waals surface area contributed by atoms with Gasteiger partial charge in [0.1, 0.15) is 5.75 Å². The highest BCUT2D eigenvalue weighted by atomic mass is 31.1. The summed E-state index contributed by atoms with van der Waals surface area (Å²) < 4.78 is 15.7. The number of allylic oxidation sites excluding steroid dienone is 4. The molecule has 0 fully saturated rings. The largest absolute Gasteiger partial charge is 0.407 e. The van der Waals surface area contributed by atoms with Gasteiger partial charge in [-0.15, -0.1) is 0 Å². The molecule has 0 N–H and O–H groups in total. The Morgan fingerprint density at radius 2 is 2.00 bits per heavy atom. The van der Waals surface area contributed by atoms with Crippen molar-refractivity contribution >= 4 is 14.5 Å². The molecular formula is C16H17O3P. The molecule has 0 aromatic heterocycles. The zero-order chi connectivity index (χ0) is 14.8. The van der Waals surface area contributed by atoms with Crippen molar-refractivity contribution in [3.63, 3.8) is 0 Å². The van der Waals surface area contributed by atoms with Gasteiger partial charge in [-0.2, -0.15) is 0 Å². The average Bonchev–Trinajstić information content (AvgIpc) is 2.43. The molecule has 1 aromatic carbocycles. The lowest BCUT2D eigenvalue weighted by Gasteiger charge is -2.31. The first-order valence-corrected chi connectivity index (χ1v) is 7.21. The Morgan fingerprint density at radius 3 is 2.65 bits per heavy atom. The minimum absolute atomic E-state index is 0.00532. The molecule has 4 heteroatoms. The number of para-hydroxylation sites is 1. The van der Waals surface area contributed by atoms with E-state index in [-0.39, 0.29) is 5.78 Å². The zero-order valence-electron chi connectivity index (χ0n) is 11.8. The Balaban J connectivity index is 2.42. The summed E-state index contributed by atoms with van der Waals surface area (Å²) in [4.78, 5) is 12.9. The van der Waals surface area contributed by atoms with Gasteiger partial charge in [0.15, 0.2) is 5.78 Å². The Kier molecular flexibility index (Phi) is 4.20. The number of ketones is 1. The Morgan fingerprint density at radius 1 is 1.30 bits per heavy atom. The zero-order valence-corrected chi connectivity index (χ0v) is 12.7. The number of benzene rings is 1. The van der Waals surface area contributed by atoms with E-state index in [2.05, 4.69) is 6.08 Å². The molecule has 0 saturated carbocycles. The Labute approximate surface area is 120 Å². The van der Waals surface area contributed by atoms with E-state index < -0.39 is 14.1 Å². The van der Waals surface area contributed by atoms with Gasteiger partial charge in [0.05, 0.1) is 11.0 Å². The number of rotatable bonds is 4. The number of carbonyl (C=O) groups excluding carboxylic acids is 1. The molecular weight excluding hydrogens is 271 g/mol. The fourth-order valence-electron chi connectivity index (χ4n) is 2.43. The third-order valence-corrected chi connectivity index (χ3v) is 4.19. The van der Waals surface area contributed by atoms with E-state index in [0.29, 0.717) is 17.7 Å². The molecule has 0 saturated heterocycles. The minimum Gasteiger partial charge on any atom is -0.407 e. The van der Waals surface area contributed by atoms with Gasteiger partial charge < -0.3 is 4.52 Å². The van der Waals surface area contributed by atoms with Gasteiger partial charge in [0.25, 0.3) is 0 Å². The summed E-state index contributed by atoms with van der Waals surface area (Å²) in [6.45, 7) is 5.94. The van der Waals surface area contributed by atoms with Crippen molar-refractivity contribution in [1.29, 1.82) is 0 Å². The van der Waals surface area contributed by atoms with Crippen LogP contribution in [0.15, 0.2) is 47.6 Å². The fraction of sp³-hybridized carbons (Fsp3) is 0.312. The minimum atomic E-state index is -0.571. The van der Waals surface area contributed by atoms with Crippen molar-refractivity contribution in [3.05, 3.63) is 53.1 Å². The van der Waals surface area contributed by atoms with Crippen LogP contribution in [0.25, 0.3) is 0 Å². The highest BCUT2D eigenvalue weighted by Gasteiger charge is 2.37. The molecule has 3 nitrogen and oxygen atoms in total. The molecule has 1 unspecified atom stereocenters. The summed E-state index contributed by atoms with van der Waals surface area (Å²) in [5, 5.41) is 0. The molecule has 1 atom stereocenters. The predicted molar refractivity (Wildman–Crippen MR) is 79.2 cm³/mol. The van der Waals surface area contributed by atoms with Gasteiger partial charge in [-0.3, -0.25) is 4.79 Å². The molecule has 1 aliphatic rings. The molecule has 0 aliphatic heterocycles. The van der Waals surface area contributed by atoms with Crippen molar-refractivity contribution in [2.75, 3.05) is 0 Å². The average molecular weight is 288 g/mol. The van der Waals surface area contributed by atoms with E-state index in [1.54, 1.807) is 24.3 Å². The Hall–Kier alpha value is -1.73. The lowest BCUT2D eigenvalue weighted by molar-refractivity contribution is 0.0857. The quantitative estimate of drug-likeness (QED) is 0.592. The maximum absolute atomic E-state index is 12.9. The lowest BCUT2D eigenvalue weighted by Crippen LogP contribution is -2.30. The van der Waals surface area contributed by atoms with Crippen LogP contribution in [0.2, 0.25) is 0 Å². The molecule has 0 heterocycles. The molecule has 0 bridgehead atoms. The second-order valence-corrected chi connectivity index (χ2v) is 5.63. The highest BCUT2D eigenvalue weighted by molar-refractivity contribution is 7.17. The van der Waals surface area contributed by atoms with Crippen LogP contribution in [-0.4, -0.2) is 5.78 Å². The molecule has 0 amide bonds. The van der Waals surface area contributed by atoms with E-state index in [1.807, 2.05) is 26.8 Å². The summed E-state index contributed by atoms with van der Waals surface area (Å²) in [5.41, 5.74) is 2.12. The van der Waals surface area contributed by atoms with Crippen LogP contribution in [0, 0.1) is 5.41 Å². The summed E-state index contributed by atoms with van der Waals surface area (Å²) in [6, 6.07) is 6.92. The highest BCUT2D eigenvalue weighted by Crippen LogP contribution is 2.40. The number of Topliss-reactive ketones (excluding diaryl/α,β-unsaturated/α-hetero) is 1. The molecule has 2 rings (SSSR count). The third kappa shape index (κ3) is 2.59. The van der Waals surface area contributed by atoms with Crippen molar-refractivity contribution in [2.45, 2.75) is 27.2 Å². The van der Waals surface area contributed by atoms with Crippen molar-refractivity contribution in [1.82, 2.24) is 0 Å². The van der Waals surface area contributed by atoms with Crippen molar-refractivity contribution in [3.8, 4) is 5.75 Å². The predicted octanol–water partition coefficient (Wildman–Crippen LogP) is 4.76. The Bertz CT molecular complexity index is 616. The normalized spacial score (nSPS) is 22.1. The van der Waals surface area contributed by atoms with E-state index in [0.717, 1.165) is 5.57 Å². The molecule has 0 radical (unpaired) electrons. The van der Waals surface area contributed by atoms with E-state index >= 15 is 0 Å². The van der Waals surface area contributed by atoms with Crippen LogP contribution in [0.3, 0.4) is 0 Å². The smallest absolute Gasteiger partial charge is 0.395 e. The van der Waals surface area contributed by atoms with E-state index in [4.69, 9.17) is 4.52 Å². The maximum atomic E-state index is 12.9. The van der Waals surface area contributed by atoms with Crippen LogP contribution in [0.5, 0.6) is 5.75 Å². The number of carbonyl (C=O) groups is 1. The molecule has 1 aromatic rings. The first-order valence-electron chi connectivity index (χ1n) is 6.48. The van der Waals surface area contributed by atoms with Gasteiger partial charge in [-0.25, -0.2) is 4.57 Å². The molecule has 104 valence electrons. The third-order valence-electron chi connectivity index (χ3n) is 3.92. The van der Waals surface area contributed by atoms with Gasteiger partial charge in [0, 0.05) is 0 Å². The van der Waals surface area contributed by atoms with Crippen LogP contribution < -0.4 is 4.52 Å². The summed E-state index contributed by atoms with van der Waals surface area (Å²) >= 11 is 0. The van der Waals surface area contributed by atoms with Gasteiger partial charge in [-0.1, -0.05) is 35.4 Å². The van der Waals surface area contributed by atoms with E-state index in [9.17, 15) is 9.36 Å². The first-order chi connectivity index (χ1) is 9.49. The molecule has 20 heavy (non-hydrogen) atoms. The van der Waals surface area contributed by atoms with Gasteiger partial charge >= 0.3 is 8.69 Å². The number of hydrogen-bond acceptors (Lipinski definition) is 3.